The minimum atomic E-state index is -0.512. The van der Waals surface area contributed by atoms with Crippen LogP contribution in [0.4, 0.5) is 17.1 Å². The SMILES string of the molecule is c1ccc2c(c1)-c1cc3c(c4cccc(c14)N2c1ccc2c(ccc4ccccc42)c1)C1(c2ccccc2-c2ccccc21)c1ncccc1-3. The molecule has 2 aliphatic carbocycles. The van der Waals surface area contributed by atoms with Gasteiger partial charge in [0.1, 0.15) is 0 Å². The summed E-state index contributed by atoms with van der Waals surface area (Å²) < 4.78 is 0. The molecule has 0 saturated carbocycles. The Bertz CT molecular complexity index is 2910. The molecule has 0 radical (unpaired) electrons. The number of benzene rings is 8. The van der Waals surface area contributed by atoms with Crippen LogP contribution in [0.1, 0.15) is 22.4 Å². The van der Waals surface area contributed by atoms with Crippen LogP contribution < -0.4 is 4.90 Å². The van der Waals surface area contributed by atoms with E-state index in [1.807, 2.05) is 6.20 Å². The Labute approximate surface area is 289 Å². The van der Waals surface area contributed by atoms with Gasteiger partial charge in [0.2, 0.25) is 0 Å². The van der Waals surface area contributed by atoms with Crippen LogP contribution in [0.5, 0.6) is 0 Å². The van der Waals surface area contributed by atoms with E-state index in [0.717, 1.165) is 11.4 Å². The number of pyridine rings is 1. The Kier molecular flexibility index (Phi) is 4.94. The van der Waals surface area contributed by atoms with Gasteiger partial charge in [0.15, 0.2) is 0 Å². The summed E-state index contributed by atoms with van der Waals surface area (Å²) in [4.78, 5) is 7.74. The summed E-state index contributed by atoms with van der Waals surface area (Å²) in [5.41, 5.74) is 15.8. The Balaban J connectivity index is 1.20. The van der Waals surface area contributed by atoms with Crippen molar-refractivity contribution in [2.45, 2.75) is 5.41 Å². The highest BCUT2D eigenvalue weighted by Crippen LogP contribution is 2.65. The summed E-state index contributed by atoms with van der Waals surface area (Å²) in [6, 6.07) is 60.8. The van der Waals surface area contributed by atoms with E-state index >= 15 is 0 Å². The smallest absolute Gasteiger partial charge is 0.0904 e. The van der Waals surface area contributed by atoms with Crippen molar-refractivity contribution >= 4 is 49.4 Å². The van der Waals surface area contributed by atoms with Gasteiger partial charge in [-0.2, -0.15) is 0 Å². The van der Waals surface area contributed by atoms with Gasteiger partial charge < -0.3 is 4.90 Å². The number of aromatic nitrogens is 1. The predicted octanol–water partition coefficient (Wildman–Crippen LogP) is 12.3. The van der Waals surface area contributed by atoms with Crippen LogP contribution in [0.3, 0.4) is 0 Å². The van der Waals surface area contributed by atoms with Crippen LogP contribution in [-0.2, 0) is 5.41 Å². The summed E-state index contributed by atoms with van der Waals surface area (Å²) in [5.74, 6) is 0. The first-order chi connectivity index (χ1) is 24.8. The van der Waals surface area contributed by atoms with Gasteiger partial charge in [-0.05, 0) is 102 Å². The fourth-order valence-corrected chi connectivity index (χ4v) is 9.72. The van der Waals surface area contributed by atoms with Crippen molar-refractivity contribution in [2.75, 3.05) is 4.90 Å². The van der Waals surface area contributed by atoms with E-state index in [4.69, 9.17) is 4.98 Å². The van der Waals surface area contributed by atoms with Crippen LogP contribution in [-0.4, -0.2) is 4.98 Å². The molecule has 3 aliphatic rings. The number of fused-ring (bicyclic) bond motifs is 16. The second-order valence-corrected chi connectivity index (χ2v) is 13.8. The summed E-state index contributed by atoms with van der Waals surface area (Å²) >= 11 is 0. The maximum absolute atomic E-state index is 5.25. The number of hydrogen-bond donors (Lipinski definition) is 0. The van der Waals surface area contributed by atoms with E-state index in [-0.39, 0.29) is 0 Å². The summed E-state index contributed by atoms with van der Waals surface area (Å²) in [5, 5.41) is 7.64. The van der Waals surface area contributed by atoms with E-state index in [1.165, 1.54) is 93.8 Å². The highest BCUT2D eigenvalue weighted by atomic mass is 15.2. The molecule has 2 heterocycles. The van der Waals surface area contributed by atoms with Crippen molar-refractivity contribution in [3.05, 3.63) is 192 Å². The van der Waals surface area contributed by atoms with Crippen molar-refractivity contribution < 1.29 is 0 Å². The molecule has 0 fully saturated rings. The molecule has 0 bridgehead atoms. The highest BCUT2D eigenvalue weighted by molar-refractivity contribution is 6.19. The third kappa shape index (κ3) is 3.08. The molecule has 2 heteroatoms. The second kappa shape index (κ2) is 9.34. The van der Waals surface area contributed by atoms with Gasteiger partial charge in [-0.1, -0.05) is 127 Å². The normalized spacial score (nSPS) is 14.1. The molecule has 0 N–H and O–H groups in total. The molecule has 0 saturated heterocycles. The second-order valence-electron chi connectivity index (χ2n) is 13.8. The monoisotopic (exact) mass is 632 g/mol. The van der Waals surface area contributed by atoms with E-state index in [0.29, 0.717) is 0 Å². The van der Waals surface area contributed by atoms with Crippen molar-refractivity contribution in [3.8, 4) is 33.4 Å². The minimum absolute atomic E-state index is 0.512. The molecule has 9 aromatic rings. The molecular weight excluding hydrogens is 605 g/mol. The summed E-state index contributed by atoms with van der Waals surface area (Å²) in [6.07, 6.45) is 1.97. The number of para-hydroxylation sites is 1. The van der Waals surface area contributed by atoms with Gasteiger partial charge in [-0.25, -0.2) is 0 Å². The Hall–Kier alpha value is -6.51. The topological polar surface area (TPSA) is 16.1 Å². The molecule has 12 rings (SSSR count). The average molecular weight is 633 g/mol. The maximum atomic E-state index is 5.25. The molecule has 230 valence electrons. The zero-order chi connectivity index (χ0) is 32.6. The van der Waals surface area contributed by atoms with Crippen LogP contribution >= 0.6 is 0 Å². The third-order valence-corrected chi connectivity index (χ3v) is 11.6. The Morgan fingerprint density at radius 1 is 0.420 bits per heavy atom. The molecule has 1 aliphatic heterocycles. The summed E-state index contributed by atoms with van der Waals surface area (Å²) in [6.45, 7) is 0. The molecule has 8 aromatic carbocycles. The average Bonchev–Trinajstić information content (AvgIpc) is 3.65. The Morgan fingerprint density at radius 2 is 1.08 bits per heavy atom. The number of rotatable bonds is 1. The first-order valence-electron chi connectivity index (χ1n) is 17.4. The number of anilines is 3. The highest BCUT2D eigenvalue weighted by Gasteiger charge is 2.54. The lowest BCUT2D eigenvalue weighted by atomic mass is 9.70. The van der Waals surface area contributed by atoms with Gasteiger partial charge in [0.25, 0.3) is 0 Å². The van der Waals surface area contributed by atoms with Crippen molar-refractivity contribution in [1.29, 1.82) is 0 Å². The first kappa shape index (κ1) is 26.4. The molecule has 0 unspecified atom stereocenters. The fraction of sp³-hybridized carbons (Fsp3) is 0.0208. The summed E-state index contributed by atoms with van der Waals surface area (Å²) in [7, 11) is 0. The standard InChI is InChI=1S/C48H28N2/c1-2-12-32-29(11-1)22-23-30-27-31(24-25-33(30)32)50-43-20-8-5-15-36(43)39-28-40-37-17-10-26-49-47(37)48(46(40)38-16-9-21-44(50)45(38)39)41-18-6-3-13-34(41)35-14-4-7-19-42(35)48/h1-28H. The van der Waals surface area contributed by atoms with E-state index in [2.05, 4.69) is 169 Å². The molecule has 2 nitrogen and oxygen atoms in total. The molecule has 0 amide bonds. The zero-order valence-corrected chi connectivity index (χ0v) is 27.1. The zero-order valence-electron chi connectivity index (χ0n) is 27.1. The largest absolute Gasteiger partial charge is 0.309 e. The van der Waals surface area contributed by atoms with Crippen LogP contribution in [0.2, 0.25) is 0 Å². The van der Waals surface area contributed by atoms with Gasteiger partial charge in [-0.15, -0.1) is 0 Å². The van der Waals surface area contributed by atoms with E-state index < -0.39 is 5.41 Å². The molecule has 1 aromatic heterocycles. The van der Waals surface area contributed by atoms with Crippen LogP contribution in [0, 0.1) is 0 Å². The minimum Gasteiger partial charge on any atom is -0.309 e. The van der Waals surface area contributed by atoms with E-state index in [1.54, 1.807) is 0 Å². The van der Waals surface area contributed by atoms with Gasteiger partial charge in [0, 0.05) is 28.4 Å². The maximum Gasteiger partial charge on any atom is 0.0904 e. The van der Waals surface area contributed by atoms with Crippen molar-refractivity contribution in [2.24, 2.45) is 0 Å². The van der Waals surface area contributed by atoms with Crippen LogP contribution in [0.15, 0.2) is 170 Å². The van der Waals surface area contributed by atoms with Crippen molar-refractivity contribution in [3.63, 3.8) is 0 Å². The Morgan fingerprint density at radius 3 is 1.94 bits per heavy atom. The molecule has 50 heavy (non-hydrogen) atoms. The molecule has 0 atom stereocenters. The van der Waals surface area contributed by atoms with Gasteiger partial charge in [-0.3, -0.25) is 4.98 Å². The quantitative estimate of drug-likeness (QED) is 0.167. The molecular formula is C48H28N2. The van der Waals surface area contributed by atoms with Crippen molar-refractivity contribution in [1.82, 2.24) is 4.98 Å². The third-order valence-electron chi connectivity index (χ3n) is 11.6. The predicted molar refractivity (Wildman–Crippen MR) is 207 cm³/mol. The fourth-order valence-electron chi connectivity index (χ4n) is 9.72. The number of hydrogen-bond acceptors (Lipinski definition) is 2. The molecule has 1 spiro atoms. The van der Waals surface area contributed by atoms with Crippen LogP contribution in [0.25, 0.3) is 65.7 Å². The lowest BCUT2D eigenvalue weighted by molar-refractivity contribution is 0.767. The van der Waals surface area contributed by atoms with Gasteiger partial charge in [0.05, 0.1) is 22.5 Å². The van der Waals surface area contributed by atoms with E-state index in [9.17, 15) is 0 Å². The lowest BCUT2D eigenvalue weighted by Gasteiger charge is -2.36. The number of nitrogens with zero attached hydrogens (tertiary/aromatic N) is 2. The first-order valence-corrected chi connectivity index (χ1v) is 17.4. The lowest BCUT2D eigenvalue weighted by Crippen LogP contribution is -2.27. The van der Waals surface area contributed by atoms with Gasteiger partial charge >= 0.3 is 0 Å².